The van der Waals surface area contributed by atoms with E-state index < -0.39 is 11.9 Å². The molecule has 0 aliphatic heterocycles. The minimum Gasteiger partial charge on any atom is -0.496 e. The number of amides is 1. The molecule has 2 N–H and O–H groups in total. The van der Waals surface area contributed by atoms with Gasteiger partial charge in [0.2, 0.25) is 0 Å². The average molecular weight is 618 g/mol. The molecule has 5 aromatic rings. The normalized spacial score (nSPS) is 11.0. The molecule has 1 aromatic heterocycles. The van der Waals surface area contributed by atoms with Crippen LogP contribution in [-0.4, -0.2) is 44.4 Å². The number of ether oxygens (including phenoxy) is 4. The molecule has 0 saturated carbocycles. The molecule has 11 heteroatoms. The number of H-pyrrole nitrogens is 1. The van der Waals surface area contributed by atoms with Crippen molar-refractivity contribution < 1.29 is 28.5 Å². The van der Waals surface area contributed by atoms with E-state index in [1.54, 1.807) is 49.6 Å². The highest BCUT2D eigenvalue weighted by molar-refractivity contribution is 6.34. The number of aromatic amines is 1. The molecule has 9 nitrogen and oxygen atoms in total. The van der Waals surface area contributed by atoms with E-state index in [2.05, 4.69) is 15.5 Å². The van der Waals surface area contributed by atoms with E-state index in [-0.39, 0.29) is 22.8 Å². The number of nitrogens with one attached hydrogen (secondary N) is 2. The van der Waals surface area contributed by atoms with Crippen molar-refractivity contribution in [3.05, 3.63) is 106 Å². The second kappa shape index (κ2) is 12.9. The lowest BCUT2D eigenvalue weighted by Crippen LogP contribution is -2.19. The van der Waals surface area contributed by atoms with E-state index in [1.165, 1.54) is 26.5 Å². The smallest absolute Gasteiger partial charge is 0.347 e. The van der Waals surface area contributed by atoms with Crippen molar-refractivity contribution >= 4 is 52.2 Å². The maximum atomic E-state index is 13.4. The molecular formula is C32H25Cl2N3O6. The Morgan fingerprint density at radius 2 is 1.56 bits per heavy atom. The first kappa shape index (κ1) is 29.5. The van der Waals surface area contributed by atoms with Crippen LogP contribution in [0.25, 0.3) is 22.0 Å². The summed E-state index contributed by atoms with van der Waals surface area (Å²) in [6.07, 6.45) is 1.43. The molecule has 1 heterocycles. The Hall–Kier alpha value is -4.99. The fraction of sp³-hybridized carbons (Fsp3) is 0.0938. The van der Waals surface area contributed by atoms with Crippen molar-refractivity contribution in [2.24, 2.45) is 5.10 Å². The van der Waals surface area contributed by atoms with Crippen LogP contribution < -0.4 is 24.4 Å². The summed E-state index contributed by atoms with van der Waals surface area (Å²) in [5, 5.41) is 5.75. The largest absolute Gasteiger partial charge is 0.496 e. The topological polar surface area (TPSA) is 111 Å². The van der Waals surface area contributed by atoms with Gasteiger partial charge >= 0.3 is 5.97 Å². The highest BCUT2D eigenvalue weighted by atomic mass is 35.5. The first-order valence-corrected chi connectivity index (χ1v) is 13.6. The molecule has 0 fully saturated rings. The summed E-state index contributed by atoms with van der Waals surface area (Å²) >= 11 is 12.6. The van der Waals surface area contributed by atoms with Gasteiger partial charge in [0.15, 0.2) is 11.5 Å². The van der Waals surface area contributed by atoms with Crippen LogP contribution in [0.5, 0.6) is 23.0 Å². The zero-order valence-electron chi connectivity index (χ0n) is 23.2. The second-order valence-corrected chi connectivity index (χ2v) is 9.92. The number of carbonyl (C=O) groups is 2. The van der Waals surface area contributed by atoms with Gasteiger partial charge in [-0.1, -0.05) is 53.5 Å². The van der Waals surface area contributed by atoms with Crippen LogP contribution in [0.15, 0.2) is 84.0 Å². The number of carbonyl (C=O) groups excluding carboxylic acids is 2. The predicted molar refractivity (Wildman–Crippen MR) is 166 cm³/mol. The Morgan fingerprint density at radius 3 is 2.30 bits per heavy atom. The van der Waals surface area contributed by atoms with Crippen molar-refractivity contribution in [2.45, 2.75) is 0 Å². The molecule has 218 valence electrons. The summed E-state index contributed by atoms with van der Waals surface area (Å²) in [5.74, 6) is 0.183. The van der Waals surface area contributed by atoms with Gasteiger partial charge in [0, 0.05) is 26.6 Å². The summed E-state index contributed by atoms with van der Waals surface area (Å²) in [5.41, 5.74) is 5.52. The number of methoxy groups -OCH3 is 3. The maximum absolute atomic E-state index is 13.4. The van der Waals surface area contributed by atoms with Gasteiger partial charge in [0.1, 0.15) is 22.8 Å². The van der Waals surface area contributed by atoms with Crippen LogP contribution in [0.3, 0.4) is 0 Å². The maximum Gasteiger partial charge on any atom is 0.347 e. The van der Waals surface area contributed by atoms with Crippen LogP contribution in [-0.2, 0) is 0 Å². The molecule has 0 saturated heterocycles. The molecule has 0 unspecified atom stereocenters. The van der Waals surface area contributed by atoms with Gasteiger partial charge < -0.3 is 23.9 Å². The molecule has 43 heavy (non-hydrogen) atoms. The third-order valence-electron chi connectivity index (χ3n) is 6.54. The minimum atomic E-state index is -0.671. The number of hydrogen-bond donors (Lipinski definition) is 2. The molecule has 0 bridgehead atoms. The number of nitrogens with zero attached hydrogens (tertiary/aromatic N) is 1. The van der Waals surface area contributed by atoms with Crippen LogP contribution in [0, 0.1) is 0 Å². The van der Waals surface area contributed by atoms with E-state index in [4.69, 9.17) is 42.1 Å². The van der Waals surface area contributed by atoms with Gasteiger partial charge in [-0.15, -0.1) is 0 Å². The van der Waals surface area contributed by atoms with E-state index in [9.17, 15) is 9.59 Å². The van der Waals surface area contributed by atoms with E-state index in [0.29, 0.717) is 43.8 Å². The fourth-order valence-electron chi connectivity index (χ4n) is 4.54. The number of halogens is 2. The molecule has 4 aromatic carbocycles. The number of fused-ring (bicyclic) bond motifs is 1. The van der Waals surface area contributed by atoms with Crippen molar-refractivity contribution in [2.75, 3.05) is 21.3 Å². The number of benzene rings is 4. The Bertz CT molecular complexity index is 1870. The Labute approximate surface area is 256 Å². The number of rotatable bonds is 9. The number of aromatic nitrogens is 1. The average Bonchev–Trinajstić information content (AvgIpc) is 3.41. The summed E-state index contributed by atoms with van der Waals surface area (Å²) in [6, 6.07) is 22.2. The second-order valence-electron chi connectivity index (χ2n) is 9.08. The summed E-state index contributed by atoms with van der Waals surface area (Å²) in [7, 11) is 4.44. The standard InChI is InChI=1S/C32H25Cl2N3O6/c1-40-24-14-12-19(33)16-22(24)32(39)43-25-13-11-18(15-27(25)42-3)17-35-37-31(38)30-28(20-7-4-5-9-23(20)34)21-8-6-10-26(41-2)29(21)36-30/h4-17,36H,1-3H3,(H,37,38). The SMILES string of the molecule is COc1cc(C=NNC(=O)c2[nH]c3c(OC)cccc3c2-c2ccccc2Cl)ccc1OC(=O)c1cc(Cl)ccc1OC. The van der Waals surface area contributed by atoms with Gasteiger partial charge in [-0.2, -0.15) is 5.10 Å². The Morgan fingerprint density at radius 1 is 0.814 bits per heavy atom. The molecule has 0 aliphatic rings. The minimum absolute atomic E-state index is 0.163. The third-order valence-corrected chi connectivity index (χ3v) is 7.10. The van der Waals surface area contributed by atoms with Crippen LogP contribution in [0.2, 0.25) is 10.0 Å². The van der Waals surface area contributed by atoms with Crippen LogP contribution >= 0.6 is 23.2 Å². The zero-order valence-corrected chi connectivity index (χ0v) is 24.7. The van der Waals surface area contributed by atoms with E-state index in [0.717, 1.165) is 5.39 Å². The lowest BCUT2D eigenvalue weighted by molar-refractivity contribution is 0.0726. The van der Waals surface area contributed by atoms with E-state index >= 15 is 0 Å². The molecule has 1 amide bonds. The highest BCUT2D eigenvalue weighted by Gasteiger charge is 2.22. The van der Waals surface area contributed by atoms with Gasteiger partial charge in [0.25, 0.3) is 5.91 Å². The molecule has 0 atom stereocenters. The Balaban J connectivity index is 1.38. The highest BCUT2D eigenvalue weighted by Crippen LogP contribution is 2.39. The van der Waals surface area contributed by atoms with Gasteiger partial charge in [-0.3, -0.25) is 4.79 Å². The number of para-hydroxylation sites is 1. The van der Waals surface area contributed by atoms with E-state index in [1.807, 2.05) is 30.3 Å². The zero-order chi connectivity index (χ0) is 30.5. The number of esters is 1. The number of hydrazone groups is 1. The summed E-state index contributed by atoms with van der Waals surface area (Å²) < 4.78 is 21.7. The fourth-order valence-corrected chi connectivity index (χ4v) is 4.94. The van der Waals surface area contributed by atoms with Crippen molar-refractivity contribution in [3.8, 4) is 34.1 Å². The van der Waals surface area contributed by atoms with Gasteiger partial charge in [-0.05, 0) is 54.1 Å². The molecule has 5 rings (SSSR count). The van der Waals surface area contributed by atoms with Crippen molar-refractivity contribution in [1.82, 2.24) is 10.4 Å². The summed E-state index contributed by atoms with van der Waals surface area (Å²) in [6.45, 7) is 0. The molecule has 0 aliphatic carbocycles. The predicted octanol–water partition coefficient (Wildman–Crippen LogP) is 7.15. The van der Waals surface area contributed by atoms with Crippen molar-refractivity contribution in [1.29, 1.82) is 0 Å². The summed E-state index contributed by atoms with van der Waals surface area (Å²) in [4.78, 5) is 29.4. The quantitative estimate of drug-likeness (QED) is 0.0786. The number of hydrogen-bond acceptors (Lipinski definition) is 7. The molecule has 0 spiro atoms. The lowest BCUT2D eigenvalue weighted by atomic mass is 10.0. The van der Waals surface area contributed by atoms with Gasteiger partial charge in [0.05, 0.1) is 33.1 Å². The first-order valence-electron chi connectivity index (χ1n) is 12.8. The first-order chi connectivity index (χ1) is 20.8. The van der Waals surface area contributed by atoms with Crippen LogP contribution in [0.1, 0.15) is 26.4 Å². The van der Waals surface area contributed by atoms with Gasteiger partial charge in [-0.25, -0.2) is 10.2 Å². The Kier molecular flexibility index (Phi) is 8.85. The van der Waals surface area contributed by atoms with Crippen LogP contribution in [0.4, 0.5) is 0 Å². The molecule has 0 radical (unpaired) electrons. The van der Waals surface area contributed by atoms with Crippen molar-refractivity contribution in [3.63, 3.8) is 0 Å². The lowest BCUT2D eigenvalue weighted by Gasteiger charge is -2.12. The third kappa shape index (κ3) is 6.13. The monoisotopic (exact) mass is 617 g/mol. The molecular weight excluding hydrogens is 593 g/mol.